The van der Waals surface area contributed by atoms with E-state index >= 15 is 0 Å². The maximum Gasteiger partial charge on any atom is 0.121 e. The lowest BCUT2D eigenvalue weighted by Gasteiger charge is -2.30. The molecule has 0 aromatic heterocycles. The van der Waals surface area contributed by atoms with E-state index in [9.17, 15) is 0 Å². The maximum absolute atomic E-state index is 8.60. The molecule has 1 unspecified atom stereocenters. The van der Waals surface area contributed by atoms with E-state index in [1.165, 1.54) is 10.8 Å². The molecule has 0 bridgehead atoms. The van der Waals surface area contributed by atoms with Crippen molar-refractivity contribution in [2.45, 2.75) is 19.5 Å². The number of hydrogen-bond acceptors (Lipinski definition) is 12. The summed E-state index contributed by atoms with van der Waals surface area (Å²) in [7, 11) is -0.789. The Labute approximate surface area is 247 Å². The molecule has 0 amide bonds. The van der Waals surface area contributed by atoms with Crippen LogP contribution in [-0.4, -0.2) is 80.3 Å². The molecule has 1 N–H and O–H groups in total. The number of anilines is 2. The molecular weight excluding hydrogens is 622 g/mol. The predicted molar refractivity (Wildman–Crippen MR) is 133 cm³/mol. The van der Waals surface area contributed by atoms with E-state index in [1.807, 2.05) is 23.9 Å². The first-order valence-electron chi connectivity index (χ1n) is 11.5. The number of benzene rings is 1. The zero-order chi connectivity index (χ0) is 30.2. The first-order valence-corrected chi connectivity index (χ1v) is 15.8. The van der Waals surface area contributed by atoms with Crippen LogP contribution in [0, 0.1) is 20.5 Å². The SMILES string of the molecule is CCN1CCS/C1=C/C=C/C1N(C)c2cc(Cl)c(Cl)cc2N1CCC[N+](C)(C)C.[O-][Cl+3]([O-])([O-])O.[O-][Cl+3]([O-])([O-])[O-]. The molecule has 0 spiro atoms. The molecule has 3 rings (SSSR count). The summed E-state index contributed by atoms with van der Waals surface area (Å²) in [5, 5.41) is 2.59. The van der Waals surface area contributed by atoms with Crippen molar-refractivity contribution in [1.29, 1.82) is 0 Å². The number of allylic oxidation sites excluding steroid dienone is 2. The lowest BCUT2D eigenvalue weighted by molar-refractivity contribution is -2.00. The quantitative estimate of drug-likeness (QED) is 0.283. The van der Waals surface area contributed by atoms with Crippen LogP contribution in [0.5, 0.6) is 0 Å². The van der Waals surface area contributed by atoms with Crippen molar-refractivity contribution in [1.82, 2.24) is 4.90 Å². The number of quaternary nitrogens is 1. The lowest BCUT2D eigenvalue weighted by Crippen LogP contribution is -2.68. The van der Waals surface area contributed by atoms with Crippen molar-refractivity contribution >= 4 is 46.3 Å². The summed E-state index contributed by atoms with van der Waals surface area (Å²) in [6.45, 7) is 6.53. The Balaban J connectivity index is 0.000000650. The maximum atomic E-state index is 8.60. The Hall–Kier alpha value is -0.750. The average molecular weight is 656 g/mol. The number of fused-ring (bicyclic) bond motifs is 1. The van der Waals surface area contributed by atoms with Crippen LogP contribution in [0.4, 0.5) is 11.4 Å². The Bertz CT molecular complexity index is 963. The topological polar surface area (TPSA) is 191 Å². The Morgan fingerprint density at radius 3 is 2.05 bits per heavy atom. The zero-order valence-electron chi connectivity index (χ0n) is 22.2. The monoisotopic (exact) mass is 654 g/mol. The predicted octanol–water partition coefficient (Wildman–Crippen LogP) is -3.74. The first-order chi connectivity index (χ1) is 17.7. The molecule has 0 saturated carbocycles. The van der Waals surface area contributed by atoms with Gasteiger partial charge in [0.2, 0.25) is 0 Å². The molecule has 1 aromatic carbocycles. The van der Waals surface area contributed by atoms with Crippen molar-refractivity contribution in [2.75, 3.05) is 69.9 Å². The minimum atomic E-state index is -4.94. The standard InChI is InChI=1S/C22H33Cl2N4S.2ClHO4/c1-6-26-12-14-29-22(26)10-7-9-21-25(2)19-15-17(23)18(24)16-20(19)27(21)11-8-13-28(3,4)5;2*2-1(3,4)5/h7,9-10,15-16,21H,6,8,11-14H2,1-5H3;2*(H,2,3,4,5)/q+1;;/p-1/b9-7+,22-10+;;. The molecule has 17 heteroatoms. The normalized spacial score (nSPS) is 18.8. The summed E-state index contributed by atoms with van der Waals surface area (Å²) in [5.41, 5.74) is 2.30. The van der Waals surface area contributed by atoms with Crippen LogP contribution >= 0.6 is 35.0 Å². The van der Waals surface area contributed by atoms with E-state index in [4.69, 9.17) is 60.5 Å². The van der Waals surface area contributed by atoms with Gasteiger partial charge in [-0.3, -0.25) is 0 Å². The first kappa shape index (κ1) is 36.3. The molecule has 1 fully saturated rings. The van der Waals surface area contributed by atoms with E-state index in [1.54, 1.807) is 0 Å². The van der Waals surface area contributed by atoms with Gasteiger partial charge in [0.15, 0.2) is 0 Å². The van der Waals surface area contributed by atoms with Crippen molar-refractivity contribution < 1.29 is 62.2 Å². The molecule has 224 valence electrons. The second-order valence-corrected chi connectivity index (χ2v) is 12.9. The van der Waals surface area contributed by atoms with Crippen LogP contribution in [-0.2, 0) is 0 Å². The van der Waals surface area contributed by atoms with Gasteiger partial charge in [0, 0.05) is 38.9 Å². The second-order valence-electron chi connectivity index (χ2n) is 9.43. The van der Waals surface area contributed by atoms with Gasteiger partial charge in [-0.25, -0.2) is 18.6 Å². The van der Waals surface area contributed by atoms with Crippen molar-refractivity contribution in [2.24, 2.45) is 0 Å². The van der Waals surface area contributed by atoms with E-state index in [-0.39, 0.29) is 6.17 Å². The average Bonchev–Trinajstić information content (AvgIpc) is 3.29. The molecule has 0 aliphatic carbocycles. The number of nitrogens with zero attached hydrogens (tertiary/aromatic N) is 4. The summed E-state index contributed by atoms with van der Waals surface area (Å²) in [5.74, 6) is 1.18. The third-order valence-corrected chi connectivity index (χ3v) is 7.28. The molecule has 1 aromatic rings. The molecule has 2 aliphatic rings. The summed E-state index contributed by atoms with van der Waals surface area (Å²) in [4.78, 5) is 7.17. The van der Waals surface area contributed by atoms with Gasteiger partial charge in [0.05, 0.1) is 69.0 Å². The third-order valence-electron chi connectivity index (χ3n) is 5.48. The van der Waals surface area contributed by atoms with Gasteiger partial charge in [0.25, 0.3) is 0 Å². The Morgan fingerprint density at radius 1 is 1.05 bits per heavy atom. The van der Waals surface area contributed by atoms with Crippen molar-refractivity contribution in [3.05, 3.63) is 45.4 Å². The van der Waals surface area contributed by atoms with Gasteiger partial charge in [-0.2, -0.15) is 14.0 Å². The largest absolute Gasteiger partial charge is 0.366 e. The number of halogens is 4. The summed E-state index contributed by atoms with van der Waals surface area (Å²) >= 11 is 14.6. The van der Waals surface area contributed by atoms with Crippen LogP contribution in [0.2, 0.25) is 10.0 Å². The fourth-order valence-electron chi connectivity index (χ4n) is 3.90. The molecule has 39 heavy (non-hydrogen) atoms. The van der Waals surface area contributed by atoms with Crippen LogP contribution in [0.1, 0.15) is 13.3 Å². The van der Waals surface area contributed by atoms with Gasteiger partial charge in [-0.1, -0.05) is 29.3 Å². The number of rotatable bonds is 7. The van der Waals surface area contributed by atoms with Gasteiger partial charge in [-0.15, -0.1) is 22.0 Å². The van der Waals surface area contributed by atoms with Crippen molar-refractivity contribution in [3.63, 3.8) is 0 Å². The second kappa shape index (κ2) is 15.5. The summed E-state index contributed by atoms with van der Waals surface area (Å²) in [6, 6.07) is 4.00. The van der Waals surface area contributed by atoms with Crippen LogP contribution in [0.15, 0.2) is 35.4 Å². The van der Waals surface area contributed by atoms with Crippen LogP contribution < -0.4 is 42.4 Å². The molecular formula is C22H34Cl4N4O8S. The minimum Gasteiger partial charge on any atom is -0.366 e. The Kier molecular flexibility index (Phi) is 14.4. The van der Waals surface area contributed by atoms with Crippen LogP contribution in [0.25, 0.3) is 0 Å². The van der Waals surface area contributed by atoms with E-state index < -0.39 is 20.5 Å². The highest BCUT2D eigenvalue weighted by Crippen LogP contribution is 2.43. The van der Waals surface area contributed by atoms with E-state index in [0.29, 0.717) is 10.0 Å². The summed E-state index contributed by atoms with van der Waals surface area (Å²) < 4.78 is 67.7. The van der Waals surface area contributed by atoms with E-state index in [0.717, 1.165) is 48.5 Å². The highest BCUT2D eigenvalue weighted by atomic mass is 35.7. The zero-order valence-corrected chi connectivity index (χ0v) is 26.1. The Morgan fingerprint density at radius 2 is 1.56 bits per heavy atom. The molecule has 2 aliphatic heterocycles. The third kappa shape index (κ3) is 14.6. The van der Waals surface area contributed by atoms with Crippen molar-refractivity contribution in [3.8, 4) is 0 Å². The number of thioether (sulfide) groups is 1. The molecule has 0 radical (unpaired) electrons. The highest BCUT2D eigenvalue weighted by molar-refractivity contribution is 8.03. The molecule has 2 heterocycles. The highest BCUT2D eigenvalue weighted by Gasteiger charge is 2.32. The summed E-state index contributed by atoms with van der Waals surface area (Å²) in [6.07, 6.45) is 8.02. The lowest BCUT2D eigenvalue weighted by atomic mass is 10.2. The molecule has 1 saturated heterocycles. The smallest absolute Gasteiger partial charge is 0.121 e. The van der Waals surface area contributed by atoms with Gasteiger partial charge >= 0.3 is 0 Å². The van der Waals surface area contributed by atoms with Crippen LogP contribution in [0.3, 0.4) is 0 Å². The fraction of sp³-hybridized carbons (Fsp3) is 0.545. The minimum absolute atomic E-state index is 0.158. The molecule has 12 nitrogen and oxygen atoms in total. The van der Waals surface area contributed by atoms with Gasteiger partial charge in [0.1, 0.15) is 6.17 Å². The number of hydrogen-bond donors (Lipinski definition) is 1. The van der Waals surface area contributed by atoms with E-state index in [2.05, 4.69) is 68.0 Å². The van der Waals surface area contributed by atoms with Gasteiger partial charge in [-0.05, 0) is 31.2 Å². The van der Waals surface area contributed by atoms with Gasteiger partial charge < -0.3 is 19.2 Å². The number of likely N-dealkylation sites (N-methyl/N-ethyl adjacent to an activating group) is 1. The molecule has 1 atom stereocenters. The fourth-order valence-corrected chi connectivity index (χ4v) is 5.31.